The molecule has 0 radical (unpaired) electrons. The SMILES string of the molecule is CCOC(=O)c1ccccc1N/C=C(/C#N)C(=O)NCCN1CCOCC1. The van der Waals surface area contributed by atoms with Gasteiger partial charge in [-0.25, -0.2) is 4.79 Å². The summed E-state index contributed by atoms with van der Waals surface area (Å²) in [4.78, 5) is 26.3. The first kappa shape index (κ1) is 20.4. The number of hydrogen-bond donors (Lipinski definition) is 2. The number of morpholine rings is 1. The first-order valence-electron chi connectivity index (χ1n) is 8.87. The van der Waals surface area contributed by atoms with E-state index in [1.165, 1.54) is 6.20 Å². The fourth-order valence-electron chi connectivity index (χ4n) is 2.54. The summed E-state index contributed by atoms with van der Waals surface area (Å²) in [6.45, 7) is 6.19. The summed E-state index contributed by atoms with van der Waals surface area (Å²) < 4.78 is 10.3. The van der Waals surface area contributed by atoms with Crippen LogP contribution in [0.3, 0.4) is 0 Å². The van der Waals surface area contributed by atoms with Crippen molar-refractivity contribution >= 4 is 17.6 Å². The van der Waals surface area contributed by atoms with E-state index in [-0.39, 0.29) is 12.2 Å². The van der Waals surface area contributed by atoms with Gasteiger partial charge in [-0.1, -0.05) is 12.1 Å². The summed E-state index contributed by atoms with van der Waals surface area (Å²) in [6.07, 6.45) is 1.29. The number of rotatable bonds is 8. The van der Waals surface area contributed by atoms with Crippen LogP contribution in [-0.2, 0) is 14.3 Å². The van der Waals surface area contributed by atoms with E-state index < -0.39 is 11.9 Å². The van der Waals surface area contributed by atoms with Crippen LogP contribution < -0.4 is 10.6 Å². The van der Waals surface area contributed by atoms with Gasteiger partial charge in [0.15, 0.2) is 0 Å². The maximum Gasteiger partial charge on any atom is 0.340 e. The molecule has 1 aromatic rings. The fraction of sp³-hybridized carbons (Fsp3) is 0.421. The van der Waals surface area contributed by atoms with Crippen molar-refractivity contribution in [2.75, 3.05) is 51.3 Å². The number of hydrogen-bond acceptors (Lipinski definition) is 7. The third kappa shape index (κ3) is 6.40. The summed E-state index contributed by atoms with van der Waals surface area (Å²) in [5.41, 5.74) is 0.723. The number of amides is 1. The van der Waals surface area contributed by atoms with Gasteiger partial charge in [0, 0.05) is 32.4 Å². The number of esters is 1. The van der Waals surface area contributed by atoms with E-state index >= 15 is 0 Å². The van der Waals surface area contributed by atoms with Crippen LogP contribution in [0.4, 0.5) is 5.69 Å². The van der Waals surface area contributed by atoms with Gasteiger partial charge in [-0.15, -0.1) is 0 Å². The molecule has 8 heteroatoms. The first-order valence-corrected chi connectivity index (χ1v) is 8.87. The predicted molar refractivity (Wildman–Crippen MR) is 100.0 cm³/mol. The standard InChI is InChI=1S/C19H24N4O4/c1-2-27-19(25)16-5-3-4-6-17(16)22-14-15(13-20)18(24)21-7-8-23-9-11-26-12-10-23/h3-6,14,22H,2,7-12H2,1H3,(H,21,24)/b15-14-. The van der Waals surface area contributed by atoms with E-state index in [2.05, 4.69) is 15.5 Å². The third-order valence-corrected chi connectivity index (χ3v) is 3.98. The molecule has 1 amide bonds. The predicted octanol–water partition coefficient (Wildman–Crippen LogP) is 1.13. The number of anilines is 1. The molecule has 27 heavy (non-hydrogen) atoms. The van der Waals surface area contributed by atoms with Crippen molar-refractivity contribution in [1.82, 2.24) is 10.2 Å². The van der Waals surface area contributed by atoms with Crippen molar-refractivity contribution < 1.29 is 19.1 Å². The average molecular weight is 372 g/mol. The van der Waals surface area contributed by atoms with Crippen LogP contribution >= 0.6 is 0 Å². The zero-order valence-corrected chi connectivity index (χ0v) is 15.4. The molecule has 0 bridgehead atoms. The van der Waals surface area contributed by atoms with E-state index in [1.807, 2.05) is 6.07 Å². The fourth-order valence-corrected chi connectivity index (χ4v) is 2.54. The lowest BCUT2D eigenvalue weighted by atomic mass is 10.2. The monoisotopic (exact) mass is 372 g/mol. The Labute approximate surface area is 158 Å². The molecule has 2 rings (SSSR count). The molecule has 0 spiro atoms. The Kier molecular flexibility index (Phi) is 8.29. The van der Waals surface area contributed by atoms with E-state index in [0.29, 0.717) is 37.6 Å². The van der Waals surface area contributed by atoms with Crippen molar-refractivity contribution in [2.45, 2.75) is 6.92 Å². The summed E-state index contributed by atoms with van der Waals surface area (Å²) >= 11 is 0. The van der Waals surface area contributed by atoms with Gasteiger partial charge in [0.05, 0.1) is 31.1 Å². The van der Waals surface area contributed by atoms with E-state index in [9.17, 15) is 14.9 Å². The van der Waals surface area contributed by atoms with Gasteiger partial charge in [0.2, 0.25) is 0 Å². The van der Waals surface area contributed by atoms with Crippen LogP contribution in [0.1, 0.15) is 17.3 Å². The number of benzene rings is 1. The lowest BCUT2D eigenvalue weighted by Crippen LogP contribution is -2.41. The van der Waals surface area contributed by atoms with Crippen molar-refractivity contribution in [3.8, 4) is 6.07 Å². The van der Waals surface area contributed by atoms with Crippen LogP contribution in [0.15, 0.2) is 36.0 Å². The normalized spacial score (nSPS) is 14.9. The van der Waals surface area contributed by atoms with Crippen LogP contribution in [-0.4, -0.2) is 62.8 Å². The number of carbonyl (C=O) groups excluding carboxylic acids is 2. The van der Waals surface area contributed by atoms with Crippen LogP contribution in [0.5, 0.6) is 0 Å². The summed E-state index contributed by atoms with van der Waals surface area (Å²) in [6, 6.07) is 8.62. The Morgan fingerprint density at radius 2 is 2.07 bits per heavy atom. The highest BCUT2D eigenvalue weighted by Gasteiger charge is 2.14. The Balaban J connectivity index is 1.92. The molecular formula is C19H24N4O4. The van der Waals surface area contributed by atoms with Gasteiger partial charge >= 0.3 is 5.97 Å². The largest absolute Gasteiger partial charge is 0.462 e. The van der Waals surface area contributed by atoms with Crippen molar-refractivity contribution in [2.24, 2.45) is 0 Å². The quantitative estimate of drug-likeness (QED) is 0.400. The molecule has 8 nitrogen and oxygen atoms in total. The maximum absolute atomic E-state index is 12.2. The molecule has 0 aliphatic carbocycles. The molecule has 1 heterocycles. The molecule has 2 N–H and O–H groups in total. The lowest BCUT2D eigenvalue weighted by molar-refractivity contribution is -0.117. The summed E-state index contributed by atoms with van der Waals surface area (Å²) in [7, 11) is 0. The topological polar surface area (TPSA) is 104 Å². The van der Waals surface area contributed by atoms with Gasteiger partial charge in [0.1, 0.15) is 11.6 Å². The summed E-state index contributed by atoms with van der Waals surface area (Å²) in [5, 5.41) is 14.8. The highest BCUT2D eigenvalue weighted by atomic mass is 16.5. The van der Waals surface area contributed by atoms with Gasteiger partial charge in [0.25, 0.3) is 5.91 Å². The minimum absolute atomic E-state index is 0.0735. The van der Waals surface area contributed by atoms with Crippen molar-refractivity contribution in [3.63, 3.8) is 0 Å². The molecule has 0 aromatic heterocycles. The van der Waals surface area contributed by atoms with Gasteiger partial charge in [-0.2, -0.15) is 5.26 Å². The third-order valence-electron chi connectivity index (χ3n) is 3.98. The molecule has 144 valence electrons. The number of para-hydroxylation sites is 1. The molecule has 1 aliphatic heterocycles. The molecule has 0 atom stereocenters. The van der Waals surface area contributed by atoms with E-state index in [0.717, 1.165) is 13.1 Å². The number of nitrogens with one attached hydrogen (secondary N) is 2. The molecule has 0 saturated carbocycles. The van der Waals surface area contributed by atoms with Gasteiger partial charge in [-0.3, -0.25) is 9.69 Å². The Morgan fingerprint density at radius 1 is 1.33 bits per heavy atom. The Bertz CT molecular complexity index is 721. The molecule has 1 saturated heterocycles. The number of carbonyl (C=O) groups is 2. The highest BCUT2D eigenvalue weighted by molar-refractivity contribution is 5.98. The number of ether oxygens (including phenoxy) is 2. The van der Waals surface area contributed by atoms with Crippen LogP contribution in [0.2, 0.25) is 0 Å². The van der Waals surface area contributed by atoms with E-state index in [4.69, 9.17) is 9.47 Å². The Morgan fingerprint density at radius 3 is 2.78 bits per heavy atom. The summed E-state index contributed by atoms with van der Waals surface area (Å²) in [5.74, 6) is -0.936. The number of nitriles is 1. The van der Waals surface area contributed by atoms with Gasteiger partial charge < -0.3 is 20.1 Å². The average Bonchev–Trinajstić information content (AvgIpc) is 2.70. The zero-order valence-electron chi connectivity index (χ0n) is 15.4. The van der Waals surface area contributed by atoms with Crippen molar-refractivity contribution in [1.29, 1.82) is 5.26 Å². The Hall–Kier alpha value is -2.89. The molecule has 1 aliphatic rings. The van der Waals surface area contributed by atoms with Crippen LogP contribution in [0, 0.1) is 11.3 Å². The van der Waals surface area contributed by atoms with E-state index in [1.54, 1.807) is 31.2 Å². The zero-order chi connectivity index (χ0) is 19.5. The molecule has 1 aromatic carbocycles. The smallest absolute Gasteiger partial charge is 0.340 e. The maximum atomic E-state index is 12.2. The minimum Gasteiger partial charge on any atom is -0.462 e. The number of nitrogens with zero attached hydrogens (tertiary/aromatic N) is 2. The first-order chi connectivity index (χ1) is 13.2. The molecule has 1 fully saturated rings. The minimum atomic E-state index is -0.470. The van der Waals surface area contributed by atoms with Crippen LogP contribution in [0.25, 0.3) is 0 Å². The molecule has 0 unspecified atom stereocenters. The second kappa shape index (κ2) is 11.0. The highest BCUT2D eigenvalue weighted by Crippen LogP contribution is 2.16. The molecular weight excluding hydrogens is 348 g/mol. The second-order valence-electron chi connectivity index (χ2n) is 5.79. The van der Waals surface area contributed by atoms with Gasteiger partial charge in [-0.05, 0) is 19.1 Å². The lowest BCUT2D eigenvalue weighted by Gasteiger charge is -2.26. The van der Waals surface area contributed by atoms with Crippen molar-refractivity contribution in [3.05, 3.63) is 41.6 Å². The second-order valence-corrected chi connectivity index (χ2v) is 5.79.